The number of piperidine rings is 1. The molecule has 0 atom stereocenters. The molecule has 1 fully saturated rings. The number of aromatic carboxylic acids is 1. The lowest BCUT2D eigenvalue weighted by atomic mass is 10.0. The molecule has 3 N–H and O–H groups in total. The van der Waals surface area contributed by atoms with Crippen LogP contribution in [-0.2, 0) is 14.8 Å². The van der Waals surface area contributed by atoms with Crippen LogP contribution in [0.5, 0.6) is 0 Å². The van der Waals surface area contributed by atoms with Gasteiger partial charge in [-0.15, -0.1) is 22.7 Å². The number of anilines is 1. The van der Waals surface area contributed by atoms with E-state index in [2.05, 4.69) is 34.4 Å². The number of hydrogen-bond donors (Lipinski definition) is 3. The maximum Gasteiger partial charge on any atom is 0.345 e. The fourth-order valence-corrected chi connectivity index (χ4v) is 7.81. The summed E-state index contributed by atoms with van der Waals surface area (Å²) in [6.45, 7) is 5.26. The highest BCUT2D eigenvalue weighted by Gasteiger charge is 2.34. The maximum absolute atomic E-state index is 13.3. The number of likely N-dealkylation sites (tertiary alicyclic amines) is 1. The number of rotatable bonds is 11. The zero-order chi connectivity index (χ0) is 32.4. The van der Waals surface area contributed by atoms with E-state index < -0.39 is 21.9 Å². The normalized spacial score (nSPS) is 14.2. The molecular formula is C27H32Cl3N5O6S3. The summed E-state index contributed by atoms with van der Waals surface area (Å²) in [5.41, 5.74) is 0. The van der Waals surface area contributed by atoms with Gasteiger partial charge in [-0.1, -0.05) is 34.8 Å². The van der Waals surface area contributed by atoms with Crippen molar-refractivity contribution >= 4 is 91.1 Å². The number of pyridine rings is 1. The number of carbonyl (C=O) groups excluding carboxylic acids is 2. The number of amides is 2. The summed E-state index contributed by atoms with van der Waals surface area (Å²) in [5.74, 6) is -1.85. The summed E-state index contributed by atoms with van der Waals surface area (Å²) < 4.78 is 28.9. The molecular weight excluding hydrogens is 693 g/mol. The van der Waals surface area contributed by atoms with Gasteiger partial charge in [0.15, 0.2) is 0 Å². The molecule has 17 heteroatoms. The molecule has 4 rings (SSSR count). The van der Waals surface area contributed by atoms with Crippen LogP contribution in [0.2, 0.25) is 13.7 Å². The van der Waals surface area contributed by atoms with Crippen molar-refractivity contribution in [2.75, 3.05) is 37.2 Å². The van der Waals surface area contributed by atoms with Gasteiger partial charge in [0.1, 0.15) is 10.7 Å². The third-order valence-electron chi connectivity index (χ3n) is 6.51. The second-order valence-corrected chi connectivity index (χ2v) is 15.8. The van der Waals surface area contributed by atoms with E-state index in [1.54, 1.807) is 30.3 Å². The van der Waals surface area contributed by atoms with Crippen molar-refractivity contribution in [3.63, 3.8) is 0 Å². The van der Waals surface area contributed by atoms with Crippen LogP contribution >= 0.6 is 57.5 Å². The average molecular weight is 725 g/mol. The number of sulfonamides is 1. The first kappa shape index (κ1) is 36.2. The van der Waals surface area contributed by atoms with Gasteiger partial charge in [0.05, 0.1) is 30.9 Å². The van der Waals surface area contributed by atoms with Crippen LogP contribution in [-0.4, -0.2) is 89.5 Å². The first-order valence-corrected chi connectivity index (χ1v) is 17.8. The van der Waals surface area contributed by atoms with Crippen molar-refractivity contribution in [2.45, 2.75) is 38.8 Å². The first-order valence-electron chi connectivity index (χ1n) is 13.4. The molecule has 0 saturated carbocycles. The lowest BCUT2D eigenvalue weighted by Crippen LogP contribution is -2.52. The molecule has 0 aliphatic carbocycles. The Bertz CT molecular complexity index is 1520. The molecule has 1 aliphatic rings. The molecule has 240 valence electrons. The van der Waals surface area contributed by atoms with Gasteiger partial charge >= 0.3 is 5.97 Å². The molecule has 0 spiro atoms. The van der Waals surface area contributed by atoms with Crippen molar-refractivity contribution in [2.24, 2.45) is 0 Å². The molecule has 0 radical (unpaired) electrons. The summed E-state index contributed by atoms with van der Waals surface area (Å²) in [4.78, 5) is 42.2. The predicted octanol–water partition coefficient (Wildman–Crippen LogP) is 5.42. The van der Waals surface area contributed by atoms with Crippen molar-refractivity contribution in [3.05, 3.63) is 66.0 Å². The van der Waals surface area contributed by atoms with E-state index in [4.69, 9.17) is 39.9 Å². The predicted molar refractivity (Wildman–Crippen MR) is 176 cm³/mol. The number of carboxylic acids is 1. The molecule has 11 nitrogen and oxygen atoms in total. The minimum absolute atomic E-state index is 0.0849. The summed E-state index contributed by atoms with van der Waals surface area (Å²) in [6, 6.07) is 9.42. The van der Waals surface area contributed by atoms with Gasteiger partial charge in [0, 0.05) is 24.8 Å². The summed E-state index contributed by atoms with van der Waals surface area (Å²) in [7, 11) is -3.85. The molecule has 44 heavy (non-hydrogen) atoms. The standard InChI is InChI=1S/C22H29Cl2N5O4S2.C5H3ClO2S/c1-15(2)28-10-7-17(8-11-28)29(14-21(30)27-20-6-3-16(23)13-26-20)35(32,33)12-9-25-22(31)18-4-5-19(24)34-18;6-4-2-1-3(9-4)5(7)8/h3-6,13,15,17H,7-12,14H2,1-2H3,(H,25,31)(H,26,27,30);1-2H,(H,7,8). The monoisotopic (exact) mass is 723 g/mol. The Morgan fingerprint density at radius 2 is 1.64 bits per heavy atom. The lowest BCUT2D eigenvalue weighted by molar-refractivity contribution is -0.116. The van der Waals surface area contributed by atoms with E-state index in [0.717, 1.165) is 35.8 Å². The van der Waals surface area contributed by atoms with Crippen LogP contribution < -0.4 is 10.6 Å². The van der Waals surface area contributed by atoms with Gasteiger partial charge in [-0.05, 0) is 76.2 Å². The fourth-order valence-electron chi connectivity index (χ4n) is 4.28. The molecule has 3 aromatic rings. The van der Waals surface area contributed by atoms with Crippen molar-refractivity contribution < 1.29 is 27.9 Å². The second-order valence-electron chi connectivity index (χ2n) is 9.90. The molecule has 0 bridgehead atoms. The Morgan fingerprint density at radius 1 is 1.02 bits per heavy atom. The molecule has 0 aromatic carbocycles. The number of aromatic nitrogens is 1. The third-order valence-corrected chi connectivity index (χ3v) is 11.0. The zero-order valence-electron chi connectivity index (χ0n) is 23.8. The number of hydrogen-bond acceptors (Lipinski definition) is 9. The summed E-state index contributed by atoms with van der Waals surface area (Å²) in [6.07, 6.45) is 2.63. The second kappa shape index (κ2) is 16.9. The Hall–Kier alpha value is -2.30. The quantitative estimate of drug-likeness (QED) is 0.237. The van der Waals surface area contributed by atoms with E-state index in [-0.39, 0.29) is 41.5 Å². The molecule has 1 aliphatic heterocycles. The highest BCUT2D eigenvalue weighted by Crippen LogP contribution is 2.23. The van der Waals surface area contributed by atoms with E-state index in [1.807, 2.05) is 0 Å². The fraction of sp³-hybridized carbons (Fsp3) is 0.407. The number of halogens is 3. The van der Waals surface area contributed by atoms with Crippen LogP contribution in [0.3, 0.4) is 0 Å². The third kappa shape index (κ3) is 11.2. The van der Waals surface area contributed by atoms with Crippen LogP contribution in [0.1, 0.15) is 46.0 Å². The lowest BCUT2D eigenvalue weighted by Gasteiger charge is -2.39. The molecule has 2 amide bonds. The van der Waals surface area contributed by atoms with E-state index >= 15 is 0 Å². The Morgan fingerprint density at radius 3 is 2.11 bits per heavy atom. The maximum atomic E-state index is 13.3. The van der Waals surface area contributed by atoms with E-state index in [0.29, 0.717) is 37.5 Å². The SMILES string of the molecule is CC(C)N1CCC(N(CC(=O)Nc2ccc(Cl)cn2)S(=O)(=O)CCNC(=O)c2ccc(Cl)s2)CC1.O=C(O)c1ccc(Cl)s1. The van der Waals surface area contributed by atoms with Crippen LogP contribution in [0.25, 0.3) is 0 Å². The number of carbonyl (C=O) groups is 3. The van der Waals surface area contributed by atoms with Crippen LogP contribution in [0.15, 0.2) is 42.6 Å². The number of nitrogens with zero attached hydrogens (tertiary/aromatic N) is 3. The Balaban J connectivity index is 0.000000502. The van der Waals surface area contributed by atoms with Gasteiger partial charge in [0.2, 0.25) is 15.9 Å². The van der Waals surface area contributed by atoms with Gasteiger partial charge in [0.25, 0.3) is 5.91 Å². The number of thiophene rings is 2. The Labute approximate surface area is 279 Å². The van der Waals surface area contributed by atoms with Crippen LogP contribution in [0, 0.1) is 0 Å². The van der Waals surface area contributed by atoms with Crippen molar-refractivity contribution in [1.29, 1.82) is 0 Å². The van der Waals surface area contributed by atoms with Crippen LogP contribution in [0.4, 0.5) is 5.82 Å². The van der Waals surface area contributed by atoms with Gasteiger partial charge < -0.3 is 20.6 Å². The van der Waals surface area contributed by atoms with Crippen molar-refractivity contribution in [3.8, 4) is 0 Å². The van der Waals surface area contributed by atoms with E-state index in [9.17, 15) is 22.8 Å². The molecule has 1 saturated heterocycles. The highest BCUT2D eigenvalue weighted by molar-refractivity contribution is 7.89. The first-order chi connectivity index (χ1) is 20.7. The van der Waals surface area contributed by atoms with Gasteiger partial charge in [-0.2, -0.15) is 4.31 Å². The van der Waals surface area contributed by atoms with Gasteiger partial charge in [-0.3, -0.25) is 9.59 Å². The average Bonchev–Trinajstić information content (AvgIpc) is 3.61. The number of carboxylic acid groups (broad SMARTS) is 1. The topological polar surface area (TPSA) is 149 Å². The molecule has 3 aromatic heterocycles. The number of nitrogens with one attached hydrogen (secondary N) is 2. The smallest absolute Gasteiger partial charge is 0.345 e. The molecule has 4 heterocycles. The summed E-state index contributed by atoms with van der Waals surface area (Å²) in [5, 5.41) is 14.0. The Kier molecular flexibility index (Phi) is 13.9. The van der Waals surface area contributed by atoms with Crippen molar-refractivity contribution in [1.82, 2.24) is 19.5 Å². The van der Waals surface area contributed by atoms with E-state index in [1.165, 1.54) is 16.6 Å². The highest BCUT2D eigenvalue weighted by atomic mass is 35.5. The van der Waals surface area contributed by atoms with Gasteiger partial charge in [-0.25, -0.2) is 18.2 Å². The zero-order valence-corrected chi connectivity index (χ0v) is 28.6. The molecule has 0 unspecified atom stereocenters. The summed E-state index contributed by atoms with van der Waals surface area (Å²) >= 11 is 19.3. The minimum Gasteiger partial charge on any atom is -0.477 e. The largest absolute Gasteiger partial charge is 0.477 e. The minimum atomic E-state index is -3.85.